The van der Waals surface area contributed by atoms with Gasteiger partial charge in [-0.1, -0.05) is 0 Å². The van der Waals surface area contributed by atoms with Gasteiger partial charge in [-0.25, -0.2) is 5.01 Å². The van der Waals surface area contributed by atoms with E-state index in [0.717, 1.165) is 19.5 Å². The van der Waals surface area contributed by atoms with Crippen LogP contribution in [-0.2, 0) is 13.0 Å². The highest BCUT2D eigenvalue weighted by atomic mass is 15.4. The molecule has 1 aromatic rings. The van der Waals surface area contributed by atoms with E-state index in [9.17, 15) is 0 Å². The van der Waals surface area contributed by atoms with Crippen molar-refractivity contribution in [1.29, 1.82) is 0 Å². The predicted molar refractivity (Wildman–Crippen MR) is 42.5 cm³/mol. The number of hydrogen-bond acceptors (Lipinski definition) is 3. The Kier molecular flexibility index (Phi) is 1.60. The molecule has 3 heteroatoms. The molecule has 0 atom stereocenters. The van der Waals surface area contributed by atoms with Gasteiger partial charge in [0.1, 0.15) is 0 Å². The predicted octanol–water partition coefficient (Wildman–Crippen LogP) is 0.313. The van der Waals surface area contributed by atoms with Crippen LogP contribution in [0, 0.1) is 0 Å². The monoisotopic (exact) mass is 149 g/mol. The number of nitrogens with two attached hydrogens (primary N) is 1. The lowest BCUT2D eigenvalue weighted by Crippen LogP contribution is -2.36. The van der Waals surface area contributed by atoms with Gasteiger partial charge in [0, 0.05) is 25.5 Å². The summed E-state index contributed by atoms with van der Waals surface area (Å²) >= 11 is 0. The van der Waals surface area contributed by atoms with Crippen molar-refractivity contribution in [2.45, 2.75) is 13.0 Å². The Morgan fingerprint density at radius 3 is 3.27 bits per heavy atom. The van der Waals surface area contributed by atoms with E-state index in [4.69, 9.17) is 5.84 Å². The maximum absolute atomic E-state index is 5.66. The lowest BCUT2D eigenvalue weighted by molar-refractivity contribution is 0.262. The molecule has 0 bridgehead atoms. The minimum absolute atomic E-state index is 0.859. The van der Waals surface area contributed by atoms with Crippen molar-refractivity contribution in [3.63, 3.8) is 0 Å². The Hall–Kier alpha value is -0.930. The Morgan fingerprint density at radius 1 is 1.45 bits per heavy atom. The van der Waals surface area contributed by atoms with Gasteiger partial charge in [-0.05, 0) is 23.6 Å². The molecule has 0 aliphatic carbocycles. The Labute approximate surface area is 65.8 Å². The van der Waals surface area contributed by atoms with Gasteiger partial charge in [-0.2, -0.15) is 0 Å². The van der Waals surface area contributed by atoms with Gasteiger partial charge in [0.25, 0.3) is 0 Å². The fourth-order valence-corrected chi connectivity index (χ4v) is 1.40. The molecule has 0 spiro atoms. The maximum Gasteiger partial charge on any atom is 0.0383 e. The maximum atomic E-state index is 5.66. The van der Waals surface area contributed by atoms with Crippen LogP contribution in [0.15, 0.2) is 18.5 Å². The van der Waals surface area contributed by atoms with Crippen molar-refractivity contribution in [2.75, 3.05) is 6.54 Å². The average molecular weight is 149 g/mol. The van der Waals surface area contributed by atoms with Crippen LogP contribution in [0.4, 0.5) is 0 Å². The molecule has 0 saturated carbocycles. The molecule has 0 saturated heterocycles. The smallest absolute Gasteiger partial charge is 0.0383 e. The Morgan fingerprint density at radius 2 is 2.36 bits per heavy atom. The van der Waals surface area contributed by atoms with E-state index >= 15 is 0 Å². The van der Waals surface area contributed by atoms with Gasteiger partial charge in [-0.15, -0.1) is 0 Å². The zero-order chi connectivity index (χ0) is 7.68. The second kappa shape index (κ2) is 2.60. The Bertz CT molecular complexity index is 259. The molecule has 2 rings (SSSR count). The van der Waals surface area contributed by atoms with E-state index in [0.29, 0.717) is 0 Å². The molecule has 2 N–H and O–H groups in total. The average Bonchev–Trinajstić information content (AvgIpc) is 2.04. The second-order valence-corrected chi connectivity index (χ2v) is 2.86. The lowest BCUT2D eigenvalue weighted by atomic mass is 10.0. The minimum Gasteiger partial charge on any atom is -0.268 e. The number of pyridine rings is 1. The molecule has 1 aromatic heterocycles. The molecule has 1 aliphatic rings. The van der Waals surface area contributed by atoms with E-state index in [2.05, 4.69) is 4.98 Å². The van der Waals surface area contributed by atoms with Gasteiger partial charge in [0.2, 0.25) is 0 Å². The second-order valence-electron chi connectivity index (χ2n) is 2.86. The highest BCUT2D eigenvalue weighted by Gasteiger charge is 2.11. The van der Waals surface area contributed by atoms with E-state index in [1.165, 1.54) is 11.1 Å². The molecule has 11 heavy (non-hydrogen) atoms. The summed E-state index contributed by atoms with van der Waals surface area (Å²) in [6.07, 6.45) is 4.78. The summed E-state index contributed by atoms with van der Waals surface area (Å²) in [5, 5.41) is 1.84. The normalized spacial score (nSPS) is 17.9. The van der Waals surface area contributed by atoms with E-state index in [1.807, 2.05) is 23.5 Å². The fourth-order valence-electron chi connectivity index (χ4n) is 1.40. The van der Waals surface area contributed by atoms with Crippen LogP contribution in [-0.4, -0.2) is 16.5 Å². The van der Waals surface area contributed by atoms with Crippen molar-refractivity contribution >= 4 is 0 Å². The highest BCUT2D eigenvalue weighted by molar-refractivity contribution is 5.25. The van der Waals surface area contributed by atoms with Crippen LogP contribution in [0.2, 0.25) is 0 Å². The van der Waals surface area contributed by atoms with Crippen molar-refractivity contribution in [3.05, 3.63) is 29.6 Å². The first-order chi connectivity index (χ1) is 5.36. The van der Waals surface area contributed by atoms with Crippen LogP contribution in [0.25, 0.3) is 0 Å². The van der Waals surface area contributed by atoms with E-state index in [-0.39, 0.29) is 0 Å². The fraction of sp³-hybridized carbons (Fsp3) is 0.375. The number of aromatic nitrogens is 1. The van der Waals surface area contributed by atoms with Gasteiger partial charge >= 0.3 is 0 Å². The summed E-state index contributed by atoms with van der Waals surface area (Å²) in [6.45, 7) is 1.80. The zero-order valence-electron chi connectivity index (χ0n) is 6.33. The number of hydrogen-bond donors (Lipinski definition) is 1. The van der Waals surface area contributed by atoms with Crippen LogP contribution in [0.3, 0.4) is 0 Å². The van der Waals surface area contributed by atoms with Gasteiger partial charge < -0.3 is 0 Å². The van der Waals surface area contributed by atoms with Crippen LogP contribution >= 0.6 is 0 Å². The summed E-state index contributed by atoms with van der Waals surface area (Å²) in [5.41, 5.74) is 2.66. The SMILES string of the molecule is NN1CCc2cnccc2C1. The summed E-state index contributed by atoms with van der Waals surface area (Å²) < 4.78 is 0. The summed E-state index contributed by atoms with van der Waals surface area (Å²) in [4.78, 5) is 4.06. The molecule has 3 nitrogen and oxygen atoms in total. The van der Waals surface area contributed by atoms with E-state index < -0.39 is 0 Å². The van der Waals surface area contributed by atoms with Crippen molar-refractivity contribution in [2.24, 2.45) is 5.84 Å². The standard InChI is InChI=1S/C8H11N3/c9-11-4-2-7-5-10-3-1-8(7)6-11/h1,3,5H,2,4,6,9H2. The third-order valence-corrected chi connectivity index (χ3v) is 2.05. The molecule has 0 fully saturated rings. The Balaban J connectivity index is 2.34. The molecular formula is C8H11N3. The first-order valence-electron chi connectivity index (χ1n) is 3.77. The van der Waals surface area contributed by atoms with Crippen molar-refractivity contribution in [1.82, 2.24) is 9.99 Å². The zero-order valence-corrected chi connectivity index (χ0v) is 6.33. The molecule has 0 amide bonds. The molecule has 58 valence electrons. The number of nitrogens with zero attached hydrogens (tertiary/aromatic N) is 2. The van der Waals surface area contributed by atoms with Gasteiger partial charge in [-0.3, -0.25) is 10.8 Å². The molecule has 0 unspecified atom stereocenters. The summed E-state index contributed by atoms with van der Waals surface area (Å²) in [6, 6.07) is 2.04. The number of rotatable bonds is 0. The summed E-state index contributed by atoms with van der Waals surface area (Å²) in [5.74, 6) is 5.66. The first-order valence-corrected chi connectivity index (χ1v) is 3.77. The molecule has 1 aliphatic heterocycles. The highest BCUT2D eigenvalue weighted by Crippen LogP contribution is 2.14. The topological polar surface area (TPSA) is 42.1 Å². The molecule has 0 aromatic carbocycles. The largest absolute Gasteiger partial charge is 0.268 e. The molecule has 2 heterocycles. The van der Waals surface area contributed by atoms with Crippen LogP contribution in [0.5, 0.6) is 0 Å². The lowest BCUT2D eigenvalue weighted by Gasteiger charge is -2.23. The number of fused-ring (bicyclic) bond motifs is 1. The van der Waals surface area contributed by atoms with Gasteiger partial charge in [0.15, 0.2) is 0 Å². The first kappa shape index (κ1) is 6.76. The quantitative estimate of drug-likeness (QED) is 0.540. The minimum atomic E-state index is 0.859. The summed E-state index contributed by atoms with van der Waals surface area (Å²) in [7, 11) is 0. The van der Waals surface area contributed by atoms with Crippen LogP contribution < -0.4 is 5.84 Å². The van der Waals surface area contributed by atoms with E-state index in [1.54, 1.807) is 0 Å². The third-order valence-electron chi connectivity index (χ3n) is 2.05. The number of hydrazine groups is 1. The van der Waals surface area contributed by atoms with Crippen molar-refractivity contribution in [3.8, 4) is 0 Å². The van der Waals surface area contributed by atoms with Gasteiger partial charge in [0.05, 0.1) is 0 Å². The van der Waals surface area contributed by atoms with Crippen LogP contribution in [0.1, 0.15) is 11.1 Å². The third kappa shape index (κ3) is 1.25. The molecule has 0 radical (unpaired) electrons. The molecular weight excluding hydrogens is 138 g/mol. The van der Waals surface area contributed by atoms with Crippen molar-refractivity contribution < 1.29 is 0 Å².